The lowest BCUT2D eigenvalue weighted by Crippen LogP contribution is -2.17. The third-order valence-electron chi connectivity index (χ3n) is 3.16. The molecular formula is C12H22N4. The van der Waals surface area contributed by atoms with Crippen LogP contribution in [0.3, 0.4) is 0 Å². The quantitative estimate of drug-likeness (QED) is 0.848. The Kier molecular flexibility index (Phi) is 3.93. The number of nitrogens with one attached hydrogen (secondary N) is 1. The molecule has 1 aliphatic rings. The van der Waals surface area contributed by atoms with Crippen molar-refractivity contribution in [2.75, 3.05) is 13.1 Å². The van der Waals surface area contributed by atoms with Crippen molar-refractivity contribution in [2.24, 2.45) is 5.92 Å². The molecule has 1 aromatic rings. The molecule has 1 aliphatic heterocycles. The minimum absolute atomic E-state index is 0.547. The molecule has 1 fully saturated rings. The maximum atomic E-state index is 4.27. The van der Waals surface area contributed by atoms with Crippen LogP contribution in [0.5, 0.6) is 0 Å². The molecule has 0 aromatic carbocycles. The minimum Gasteiger partial charge on any atom is -0.317 e. The van der Waals surface area contributed by atoms with E-state index in [2.05, 4.69) is 34.2 Å². The Hall–Kier alpha value is -0.900. The number of rotatable bonds is 3. The van der Waals surface area contributed by atoms with Gasteiger partial charge in [0.15, 0.2) is 0 Å². The molecule has 1 atom stereocenters. The lowest BCUT2D eigenvalue weighted by atomic mass is 10.1. The van der Waals surface area contributed by atoms with Gasteiger partial charge in [0.2, 0.25) is 0 Å². The van der Waals surface area contributed by atoms with Crippen LogP contribution in [0.2, 0.25) is 0 Å². The van der Waals surface area contributed by atoms with Gasteiger partial charge in [-0.15, -0.1) is 5.10 Å². The van der Waals surface area contributed by atoms with E-state index >= 15 is 0 Å². The van der Waals surface area contributed by atoms with E-state index in [1.807, 2.05) is 6.20 Å². The van der Waals surface area contributed by atoms with Crippen molar-refractivity contribution in [3.8, 4) is 0 Å². The Balaban J connectivity index is 2.09. The Morgan fingerprint density at radius 3 is 3.12 bits per heavy atom. The van der Waals surface area contributed by atoms with Crippen molar-refractivity contribution in [3.05, 3.63) is 11.9 Å². The van der Waals surface area contributed by atoms with Gasteiger partial charge in [-0.05, 0) is 44.7 Å². The molecule has 1 aromatic heterocycles. The summed E-state index contributed by atoms with van der Waals surface area (Å²) in [6.07, 6.45) is 6.65. The minimum atomic E-state index is 0.547. The summed E-state index contributed by atoms with van der Waals surface area (Å²) < 4.78 is 2.16. The van der Waals surface area contributed by atoms with E-state index in [9.17, 15) is 0 Å². The molecule has 1 N–H and O–H groups in total. The molecule has 0 spiro atoms. The van der Waals surface area contributed by atoms with Gasteiger partial charge in [-0.25, -0.2) is 4.68 Å². The highest BCUT2D eigenvalue weighted by Crippen LogP contribution is 2.21. The summed E-state index contributed by atoms with van der Waals surface area (Å²) in [6.45, 7) is 6.73. The molecule has 0 saturated carbocycles. The maximum Gasteiger partial charge on any atom is 0.0725 e. The second-order valence-electron chi connectivity index (χ2n) is 5.10. The Bertz CT molecular complexity index is 311. The number of hydrogen-bond donors (Lipinski definition) is 1. The highest BCUT2D eigenvalue weighted by molar-refractivity contribution is 4.97. The van der Waals surface area contributed by atoms with Crippen molar-refractivity contribution < 1.29 is 0 Å². The first-order valence-electron chi connectivity index (χ1n) is 6.37. The second kappa shape index (κ2) is 5.43. The average Bonchev–Trinajstić information content (AvgIpc) is 2.53. The Labute approximate surface area is 97.4 Å². The highest BCUT2D eigenvalue weighted by atomic mass is 15.4. The number of hydrogen-bond acceptors (Lipinski definition) is 3. The third kappa shape index (κ3) is 2.82. The van der Waals surface area contributed by atoms with Gasteiger partial charge in [0, 0.05) is 0 Å². The smallest absolute Gasteiger partial charge is 0.0725 e. The average molecular weight is 222 g/mol. The van der Waals surface area contributed by atoms with Gasteiger partial charge in [0.1, 0.15) is 0 Å². The molecule has 0 radical (unpaired) electrons. The highest BCUT2D eigenvalue weighted by Gasteiger charge is 2.17. The molecule has 2 heterocycles. The van der Waals surface area contributed by atoms with E-state index in [4.69, 9.17) is 0 Å². The van der Waals surface area contributed by atoms with Crippen molar-refractivity contribution in [1.82, 2.24) is 20.3 Å². The molecule has 4 heteroatoms. The zero-order valence-corrected chi connectivity index (χ0v) is 10.3. The van der Waals surface area contributed by atoms with Gasteiger partial charge < -0.3 is 5.32 Å². The summed E-state index contributed by atoms with van der Waals surface area (Å²) in [7, 11) is 0. The first-order valence-corrected chi connectivity index (χ1v) is 6.37. The summed E-state index contributed by atoms with van der Waals surface area (Å²) in [5.74, 6) is 0.668. The summed E-state index contributed by atoms with van der Waals surface area (Å²) in [5.41, 5.74) is 1.29. The predicted octanol–water partition coefficient (Wildman–Crippen LogP) is 1.79. The van der Waals surface area contributed by atoms with Crippen molar-refractivity contribution in [2.45, 2.75) is 45.6 Å². The SMILES string of the molecule is CC(C)Cc1cnnn1C1CCCNCC1. The maximum absolute atomic E-state index is 4.27. The molecule has 0 bridgehead atoms. The molecule has 90 valence electrons. The van der Waals surface area contributed by atoms with Crippen LogP contribution in [-0.4, -0.2) is 28.1 Å². The summed E-state index contributed by atoms with van der Waals surface area (Å²) in [4.78, 5) is 0. The van der Waals surface area contributed by atoms with Crippen LogP contribution in [0.15, 0.2) is 6.20 Å². The van der Waals surface area contributed by atoms with Gasteiger partial charge in [0.05, 0.1) is 17.9 Å². The zero-order valence-electron chi connectivity index (χ0n) is 10.3. The van der Waals surface area contributed by atoms with Crippen LogP contribution in [0.4, 0.5) is 0 Å². The van der Waals surface area contributed by atoms with Gasteiger partial charge in [0.25, 0.3) is 0 Å². The van der Waals surface area contributed by atoms with E-state index in [-0.39, 0.29) is 0 Å². The fourth-order valence-corrected chi connectivity index (χ4v) is 2.38. The fraction of sp³-hybridized carbons (Fsp3) is 0.833. The van der Waals surface area contributed by atoms with Crippen LogP contribution in [0.25, 0.3) is 0 Å². The topological polar surface area (TPSA) is 42.7 Å². The van der Waals surface area contributed by atoms with Crippen molar-refractivity contribution in [3.63, 3.8) is 0 Å². The molecular weight excluding hydrogens is 200 g/mol. The molecule has 16 heavy (non-hydrogen) atoms. The van der Waals surface area contributed by atoms with Crippen LogP contribution >= 0.6 is 0 Å². The summed E-state index contributed by atoms with van der Waals surface area (Å²) in [5, 5.41) is 11.8. The molecule has 4 nitrogen and oxygen atoms in total. The molecule has 2 rings (SSSR count). The van der Waals surface area contributed by atoms with E-state index in [0.717, 1.165) is 19.5 Å². The van der Waals surface area contributed by atoms with Crippen molar-refractivity contribution >= 4 is 0 Å². The standard InChI is InChI=1S/C12H22N4/c1-10(2)8-12-9-14-15-16(12)11-4-3-6-13-7-5-11/h9-11,13H,3-8H2,1-2H3. The van der Waals surface area contributed by atoms with E-state index in [1.54, 1.807) is 0 Å². The largest absolute Gasteiger partial charge is 0.317 e. The monoisotopic (exact) mass is 222 g/mol. The van der Waals surface area contributed by atoms with Crippen LogP contribution in [-0.2, 0) is 6.42 Å². The Morgan fingerprint density at radius 2 is 2.31 bits per heavy atom. The van der Waals surface area contributed by atoms with Gasteiger partial charge in [-0.1, -0.05) is 19.1 Å². The first kappa shape index (κ1) is 11.6. The van der Waals surface area contributed by atoms with Gasteiger partial charge >= 0.3 is 0 Å². The third-order valence-corrected chi connectivity index (χ3v) is 3.16. The van der Waals surface area contributed by atoms with Gasteiger partial charge in [-0.2, -0.15) is 0 Å². The summed E-state index contributed by atoms with van der Waals surface area (Å²) in [6, 6.07) is 0.547. The number of nitrogens with zero attached hydrogens (tertiary/aromatic N) is 3. The normalized spacial score (nSPS) is 22.3. The van der Waals surface area contributed by atoms with E-state index in [1.165, 1.54) is 25.0 Å². The fourth-order valence-electron chi connectivity index (χ4n) is 2.38. The second-order valence-corrected chi connectivity index (χ2v) is 5.10. The molecule has 0 aliphatic carbocycles. The number of aromatic nitrogens is 3. The lowest BCUT2D eigenvalue weighted by Gasteiger charge is -2.17. The van der Waals surface area contributed by atoms with Crippen LogP contribution < -0.4 is 5.32 Å². The molecule has 0 amide bonds. The van der Waals surface area contributed by atoms with Gasteiger partial charge in [-0.3, -0.25) is 0 Å². The van der Waals surface area contributed by atoms with Crippen LogP contribution in [0.1, 0.15) is 44.8 Å². The molecule has 1 unspecified atom stereocenters. The van der Waals surface area contributed by atoms with E-state index < -0.39 is 0 Å². The summed E-state index contributed by atoms with van der Waals surface area (Å²) >= 11 is 0. The first-order chi connectivity index (χ1) is 7.77. The van der Waals surface area contributed by atoms with Crippen molar-refractivity contribution in [1.29, 1.82) is 0 Å². The van der Waals surface area contributed by atoms with E-state index in [0.29, 0.717) is 12.0 Å². The predicted molar refractivity (Wildman–Crippen MR) is 64.3 cm³/mol. The lowest BCUT2D eigenvalue weighted by molar-refractivity contribution is 0.387. The zero-order chi connectivity index (χ0) is 11.4. The molecule has 1 saturated heterocycles. The Morgan fingerprint density at radius 1 is 1.44 bits per heavy atom. The van der Waals surface area contributed by atoms with Crippen LogP contribution in [0, 0.1) is 5.92 Å².